The smallest absolute Gasteiger partial charge is 0.175 e. The van der Waals surface area contributed by atoms with E-state index in [4.69, 9.17) is 4.74 Å². The number of ketones is 1. The van der Waals surface area contributed by atoms with Crippen molar-refractivity contribution in [3.05, 3.63) is 82.5 Å². The van der Waals surface area contributed by atoms with Gasteiger partial charge in [0.15, 0.2) is 15.6 Å². The molecule has 6 rings (SSSR count). The molecule has 4 aliphatic rings. The van der Waals surface area contributed by atoms with Gasteiger partial charge in [-0.2, -0.15) is 0 Å². The first-order chi connectivity index (χ1) is 19.0. The van der Waals surface area contributed by atoms with Crippen molar-refractivity contribution in [3.63, 3.8) is 0 Å². The van der Waals surface area contributed by atoms with E-state index in [9.17, 15) is 18.3 Å². The van der Waals surface area contributed by atoms with Gasteiger partial charge in [0.2, 0.25) is 0 Å². The lowest BCUT2D eigenvalue weighted by Crippen LogP contribution is -2.51. The Labute approximate surface area is 237 Å². The number of methoxy groups -OCH3 is 1. The Balaban J connectivity index is 1.43. The fourth-order valence-corrected chi connectivity index (χ4v) is 8.62. The van der Waals surface area contributed by atoms with Gasteiger partial charge in [-0.05, 0) is 110 Å². The molecule has 0 aromatic heterocycles. The highest BCUT2D eigenvalue weighted by molar-refractivity contribution is 7.90. The van der Waals surface area contributed by atoms with E-state index < -0.39 is 20.9 Å². The molecule has 208 valence electrons. The van der Waals surface area contributed by atoms with Crippen molar-refractivity contribution < 1.29 is 23.1 Å². The quantitative estimate of drug-likeness (QED) is 0.485. The molecule has 0 bridgehead atoms. The summed E-state index contributed by atoms with van der Waals surface area (Å²) in [4.78, 5) is 12.6. The van der Waals surface area contributed by atoms with Gasteiger partial charge in [0.1, 0.15) is 11.4 Å². The number of hydrogen-bond donors (Lipinski definition) is 1. The largest absolute Gasteiger partial charge is 0.497 e. The standard InChI is InChI=1S/C34H36O5S/c1-33-21-30(23-5-4-6-26(20-23)39-2)32-28-14-10-25(35)19-24(28)9-13-29(32)31(33)16-18-34(33,36)17-15-22-7-11-27(12-8-22)40(3,37)38/h4-8,11-12,19-20,29-31,36H,9-10,13-14,16,18,21H2,1-3H3/t29-,30+,31-,33-,34-/m0/s1. The molecule has 0 heterocycles. The van der Waals surface area contributed by atoms with Gasteiger partial charge in [-0.3, -0.25) is 4.79 Å². The van der Waals surface area contributed by atoms with Crippen LogP contribution in [-0.2, 0) is 14.6 Å². The molecule has 2 saturated carbocycles. The molecule has 0 spiro atoms. The number of benzene rings is 2. The molecule has 0 amide bonds. The predicted octanol–water partition coefficient (Wildman–Crippen LogP) is 5.78. The number of hydrogen-bond acceptors (Lipinski definition) is 5. The molecule has 5 nitrogen and oxygen atoms in total. The van der Waals surface area contributed by atoms with Crippen molar-refractivity contribution in [1.82, 2.24) is 0 Å². The molecule has 0 unspecified atom stereocenters. The first-order valence-electron chi connectivity index (χ1n) is 14.2. The van der Waals surface area contributed by atoms with Crippen molar-refractivity contribution >= 4 is 15.6 Å². The molecule has 40 heavy (non-hydrogen) atoms. The molecule has 6 heteroatoms. The van der Waals surface area contributed by atoms with Crippen molar-refractivity contribution in [2.75, 3.05) is 13.4 Å². The summed E-state index contributed by atoms with van der Waals surface area (Å²) in [6.45, 7) is 2.22. The molecule has 2 aromatic rings. The number of aliphatic hydroxyl groups is 1. The van der Waals surface area contributed by atoms with E-state index in [1.807, 2.05) is 18.2 Å². The highest BCUT2D eigenvalue weighted by Gasteiger charge is 2.62. The maximum atomic E-state index is 12.3. The third-order valence-electron chi connectivity index (χ3n) is 10.1. The SMILES string of the molecule is COc1cccc([C@H]2C[C@@]3(C)[C@@H](CC[C@@]3(O)C#Cc3ccc(S(C)(=O)=O)cc3)[C@@H]3CCC4=CC(=O)CCC4=C32)c1. The Kier molecular flexibility index (Phi) is 6.59. The van der Waals surface area contributed by atoms with E-state index in [0.717, 1.165) is 37.9 Å². The number of allylic oxidation sites excluding steroid dienone is 4. The Hall–Kier alpha value is -3.14. The van der Waals surface area contributed by atoms with Gasteiger partial charge in [-0.15, -0.1) is 0 Å². The lowest BCUT2D eigenvalue weighted by Gasteiger charge is -2.53. The van der Waals surface area contributed by atoms with Crippen LogP contribution in [-0.4, -0.2) is 38.3 Å². The average molecular weight is 557 g/mol. The molecule has 4 aliphatic carbocycles. The van der Waals surface area contributed by atoms with E-state index in [1.54, 1.807) is 31.4 Å². The zero-order valence-electron chi connectivity index (χ0n) is 23.4. The van der Waals surface area contributed by atoms with Crippen LogP contribution in [0.15, 0.2) is 76.2 Å². The zero-order chi connectivity index (χ0) is 28.3. The number of carbonyl (C=O) groups is 1. The normalized spacial score (nSPS) is 31.4. The summed E-state index contributed by atoms with van der Waals surface area (Å²) in [6, 6.07) is 14.8. The van der Waals surface area contributed by atoms with Crippen LogP contribution in [0.4, 0.5) is 0 Å². The van der Waals surface area contributed by atoms with Gasteiger partial charge in [0, 0.05) is 29.6 Å². The molecule has 5 atom stereocenters. The first-order valence-corrected chi connectivity index (χ1v) is 16.1. The Morgan fingerprint density at radius 1 is 1.05 bits per heavy atom. The summed E-state index contributed by atoms with van der Waals surface area (Å²) in [5.74, 6) is 8.25. The molecule has 2 fully saturated rings. The summed E-state index contributed by atoms with van der Waals surface area (Å²) in [5, 5.41) is 12.2. The number of sulfone groups is 1. The van der Waals surface area contributed by atoms with Gasteiger partial charge in [-0.1, -0.05) is 36.5 Å². The summed E-state index contributed by atoms with van der Waals surface area (Å²) in [7, 11) is -1.60. The summed E-state index contributed by atoms with van der Waals surface area (Å²) < 4.78 is 29.3. The van der Waals surface area contributed by atoms with Gasteiger partial charge in [-0.25, -0.2) is 8.42 Å². The second kappa shape index (κ2) is 9.75. The maximum absolute atomic E-state index is 12.3. The van der Waals surface area contributed by atoms with E-state index in [-0.39, 0.29) is 16.6 Å². The van der Waals surface area contributed by atoms with Crippen LogP contribution in [0.25, 0.3) is 0 Å². The van der Waals surface area contributed by atoms with Crippen LogP contribution in [0.3, 0.4) is 0 Å². The molecule has 2 aromatic carbocycles. The van der Waals surface area contributed by atoms with Gasteiger partial charge in [0.05, 0.1) is 12.0 Å². The number of rotatable bonds is 3. The van der Waals surface area contributed by atoms with Crippen LogP contribution >= 0.6 is 0 Å². The Bertz CT molecular complexity index is 1600. The van der Waals surface area contributed by atoms with Crippen molar-refractivity contribution in [2.45, 2.75) is 68.3 Å². The Morgan fingerprint density at radius 3 is 2.55 bits per heavy atom. The topological polar surface area (TPSA) is 80.7 Å². The summed E-state index contributed by atoms with van der Waals surface area (Å²) in [6.07, 6.45) is 8.59. The number of carbonyl (C=O) groups excluding carboxylic acids is 1. The highest BCUT2D eigenvalue weighted by Crippen LogP contribution is 2.66. The van der Waals surface area contributed by atoms with Crippen LogP contribution in [0.2, 0.25) is 0 Å². The summed E-state index contributed by atoms with van der Waals surface area (Å²) >= 11 is 0. The lowest BCUT2D eigenvalue weighted by molar-refractivity contribution is -0.114. The number of fused-ring (bicyclic) bond motifs is 4. The van der Waals surface area contributed by atoms with Crippen LogP contribution < -0.4 is 4.74 Å². The van der Waals surface area contributed by atoms with Crippen LogP contribution in [0, 0.1) is 29.1 Å². The minimum atomic E-state index is -3.28. The molecular formula is C34H36O5S. The molecule has 0 aliphatic heterocycles. The monoisotopic (exact) mass is 556 g/mol. The van der Waals surface area contributed by atoms with Crippen molar-refractivity contribution in [3.8, 4) is 17.6 Å². The molecule has 1 N–H and O–H groups in total. The van der Waals surface area contributed by atoms with E-state index in [2.05, 4.69) is 30.9 Å². The van der Waals surface area contributed by atoms with Gasteiger partial charge in [0.25, 0.3) is 0 Å². The van der Waals surface area contributed by atoms with Crippen LogP contribution in [0.5, 0.6) is 5.75 Å². The molecule has 0 saturated heterocycles. The fraction of sp³-hybridized carbons (Fsp3) is 0.441. The third kappa shape index (κ3) is 4.44. The molecular weight excluding hydrogens is 520 g/mol. The highest BCUT2D eigenvalue weighted by atomic mass is 32.2. The second-order valence-corrected chi connectivity index (χ2v) is 14.2. The Morgan fingerprint density at radius 2 is 1.82 bits per heavy atom. The minimum absolute atomic E-state index is 0.105. The van der Waals surface area contributed by atoms with Crippen molar-refractivity contribution in [2.24, 2.45) is 17.3 Å². The van der Waals surface area contributed by atoms with E-state index >= 15 is 0 Å². The summed E-state index contributed by atoms with van der Waals surface area (Å²) in [5.41, 5.74) is 4.33. The second-order valence-electron chi connectivity index (χ2n) is 12.2. The third-order valence-corrected chi connectivity index (χ3v) is 11.2. The van der Waals surface area contributed by atoms with E-state index in [1.165, 1.54) is 28.5 Å². The van der Waals surface area contributed by atoms with E-state index in [0.29, 0.717) is 30.2 Å². The minimum Gasteiger partial charge on any atom is -0.497 e. The zero-order valence-corrected chi connectivity index (χ0v) is 24.2. The predicted molar refractivity (Wildman–Crippen MR) is 155 cm³/mol. The maximum Gasteiger partial charge on any atom is 0.175 e. The van der Waals surface area contributed by atoms with Crippen molar-refractivity contribution in [1.29, 1.82) is 0 Å². The molecule has 0 radical (unpaired) electrons. The fourth-order valence-electron chi connectivity index (χ4n) is 7.99. The average Bonchev–Trinajstić information content (AvgIpc) is 3.21. The van der Waals surface area contributed by atoms with Gasteiger partial charge >= 0.3 is 0 Å². The number of ether oxygens (including phenoxy) is 1. The van der Waals surface area contributed by atoms with Crippen LogP contribution in [0.1, 0.15) is 68.9 Å². The lowest BCUT2D eigenvalue weighted by atomic mass is 9.51. The first kappa shape index (κ1) is 27.1. The van der Waals surface area contributed by atoms with Gasteiger partial charge < -0.3 is 9.84 Å².